The zero-order valence-electron chi connectivity index (χ0n) is 29.6. The molecule has 2 aromatic heterocycles. The predicted molar refractivity (Wildman–Crippen MR) is 194 cm³/mol. The topological polar surface area (TPSA) is 127 Å². The van der Waals surface area contributed by atoms with Crippen LogP contribution in [0.5, 0.6) is 11.5 Å². The van der Waals surface area contributed by atoms with Crippen LogP contribution in [0.2, 0.25) is 0 Å². The Morgan fingerprint density at radius 3 is 2.53 bits per heavy atom. The van der Waals surface area contributed by atoms with Gasteiger partial charge in [0.1, 0.15) is 11.6 Å². The molecule has 51 heavy (non-hydrogen) atoms. The fraction of sp³-hybridized carbons (Fsp3) is 0.359. The van der Waals surface area contributed by atoms with Gasteiger partial charge in [-0.25, -0.2) is 31.7 Å². The van der Waals surface area contributed by atoms with Crippen LogP contribution < -0.4 is 4.74 Å². The summed E-state index contributed by atoms with van der Waals surface area (Å²) >= 11 is 0. The largest absolute Gasteiger partial charge is 0.478 e. The number of aryl methyl sites for hydroxylation is 2. The fourth-order valence-corrected chi connectivity index (χ4v) is 9.06. The molecule has 0 fully saturated rings. The van der Waals surface area contributed by atoms with Crippen LogP contribution in [0.4, 0.5) is 8.78 Å². The van der Waals surface area contributed by atoms with Crippen LogP contribution in [0.3, 0.4) is 0 Å². The summed E-state index contributed by atoms with van der Waals surface area (Å²) in [5, 5.41) is 15.1. The number of aromatic amines is 1. The van der Waals surface area contributed by atoms with E-state index >= 15 is 8.78 Å². The number of halogens is 2. The minimum Gasteiger partial charge on any atom is -0.478 e. The molecule has 0 aliphatic carbocycles. The molecule has 1 aliphatic heterocycles. The number of allylic oxidation sites excluding steroid dienone is 1. The van der Waals surface area contributed by atoms with Crippen LogP contribution in [0.1, 0.15) is 76.4 Å². The molecule has 12 heteroatoms. The van der Waals surface area contributed by atoms with Gasteiger partial charge < -0.3 is 14.8 Å². The SMILES string of the molecule is C/C(C(=O)O)=C(/C)c1cccc(C2(C)CCCC(C)(C)CS(=O)(=O)CCc3c(c(F)cc4[nH]ccc34)Oc3ccc(F)c(c3)-c3nc2nn3C)c1. The lowest BCUT2D eigenvalue weighted by atomic mass is 9.75. The number of carboxylic acid groups (broad SMARTS) is 1. The van der Waals surface area contributed by atoms with Crippen molar-refractivity contribution in [2.24, 2.45) is 12.5 Å². The van der Waals surface area contributed by atoms with Gasteiger partial charge in [-0.3, -0.25) is 0 Å². The van der Waals surface area contributed by atoms with Crippen molar-refractivity contribution in [2.75, 3.05) is 11.5 Å². The zero-order valence-corrected chi connectivity index (χ0v) is 30.4. The van der Waals surface area contributed by atoms with E-state index in [9.17, 15) is 18.3 Å². The van der Waals surface area contributed by atoms with Gasteiger partial charge in [0.25, 0.3) is 0 Å². The van der Waals surface area contributed by atoms with Gasteiger partial charge in [-0.2, -0.15) is 5.10 Å². The normalized spacial score (nSPS) is 19.7. The molecule has 1 atom stereocenters. The van der Waals surface area contributed by atoms with E-state index in [-0.39, 0.29) is 46.4 Å². The molecule has 6 rings (SSSR count). The first-order valence-corrected chi connectivity index (χ1v) is 18.7. The number of carboxylic acids is 1. The lowest BCUT2D eigenvalue weighted by molar-refractivity contribution is -0.132. The Labute approximate surface area is 296 Å². The molecule has 5 aromatic rings. The number of hydrogen-bond acceptors (Lipinski definition) is 6. The van der Waals surface area contributed by atoms with Crippen molar-refractivity contribution in [3.63, 3.8) is 0 Å². The van der Waals surface area contributed by atoms with E-state index in [2.05, 4.69) is 4.98 Å². The number of carbonyl (C=O) groups is 1. The van der Waals surface area contributed by atoms with Gasteiger partial charge in [0.2, 0.25) is 0 Å². The molecular formula is C39H42F2N4O5S. The first-order valence-electron chi connectivity index (χ1n) is 16.9. The zero-order chi connectivity index (χ0) is 36.9. The predicted octanol–water partition coefficient (Wildman–Crippen LogP) is 8.39. The number of H-pyrrole nitrogens is 1. The standard InChI is InChI=1S/C39H42F2N4O5S/c1-23(24(2)36(46)47)25-9-7-10-26(19-25)39(5)16-8-15-38(3,4)22-51(48,49)18-14-29-28-13-17-42-33(28)21-32(41)34(29)50-27-11-12-31(40)30(20-27)35-43-37(39)44-45(35)6/h7,9-13,17,19-21,42H,8,14-16,18,22H2,1-6H3,(H,46,47)/b24-23+. The number of fused-ring (bicyclic) bond motifs is 8. The second-order valence-electron chi connectivity index (χ2n) is 14.6. The highest BCUT2D eigenvalue weighted by molar-refractivity contribution is 7.91. The lowest BCUT2D eigenvalue weighted by Gasteiger charge is -2.31. The third kappa shape index (κ3) is 7.19. The first-order chi connectivity index (χ1) is 24.0. The maximum absolute atomic E-state index is 15.7. The highest BCUT2D eigenvalue weighted by atomic mass is 32.2. The van der Waals surface area contributed by atoms with Crippen molar-refractivity contribution in [1.29, 1.82) is 0 Å². The maximum atomic E-state index is 15.7. The number of ether oxygens (including phenoxy) is 1. The van der Waals surface area contributed by atoms with Gasteiger partial charge in [0.05, 0.1) is 22.5 Å². The summed E-state index contributed by atoms with van der Waals surface area (Å²) in [6, 6.07) is 14.7. The Morgan fingerprint density at radius 2 is 1.78 bits per heavy atom. The number of benzene rings is 3. The maximum Gasteiger partial charge on any atom is 0.331 e. The monoisotopic (exact) mass is 716 g/mol. The number of nitrogens with zero attached hydrogens (tertiary/aromatic N) is 3. The van der Waals surface area contributed by atoms with E-state index < -0.39 is 38.3 Å². The van der Waals surface area contributed by atoms with E-state index in [0.717, 1.165) is 11.1 Å². The van der Waals surface area contributed by atoms with Crippen molar-refractivity contribution < 1.29 is 31.8 Å². The number of aromatic nitrogens is 4. The molecule has 0 saturated carbocycles. The molecule has 0 radical (unpaired) electrons. The van der Waals surface area contributed by atoms with Gasteiger partial charge in [-0.05, 0) is 86.4 Å². The Balaban J connectivity index is 1.52. The molecule has 0 saturated heterocycles. The summed E-state index contributed by atoms with van der Waals surface area (Å²) in [5.41, 5.74) is 1.97. The number of sulfone groups is 1. The van der Waals surface area contributed by atoms with Gasteiger partial charge >= 0.3 is 5.97 Å². The molecule has 3 heterocycles. The molecule has 0 spiro atoms. The van der Waals surface area contributed by atoms with Crippen molar-refractivity contribution >= 4 is 32.3 Å². The molecule has 268 valence electrons. The summed E-state index contributed by atoms with van der Waals surface area (Å²) in [4.78, 5) is 19.7. The Hall–Kier alpha value is -4.84. The summed E-state index contributed by atoms with van der Waals surface area (Å²) in [6.07, 6.45) is 3.37. The van der Waals surface area contributed by atoms with Crippen LogP contribution in [0, 0.1) is 17.0 Å². The Morgan fingerprint density at radius 1 is 1.02 bits per heavy atom. The van der Waals surface area contributed by atoms with Crippen molar-refractivity contribution in [3.05, 3.63) is 101 Å². The van der Waals surface area contributed by atoms with Crippen LogP contribution in [-0.4, -0.2) is 50.7 Å². The minimum absolute atomic E-state index is 0.0180. The van der Waals surface area contributed by atoms with Gasteiger partial charge in [0, 0.05) is 41.4 Å². The quantitative estimate of drug-likeness (QED) is 0.180. The average molecular weight is 717 g/mol. The third-order valence-corrected chi connectivity index (χ3v) is 12.2. The van der Waals surface area contributed by atoms with Crippen LogP contribution in [0.15, 0.2) is 66.4 Å². The van der Waals surface area contributed by atoms with E-state index in [1.807, 2.05) is 45.0 Å². The summed E-state index contributed by atoms with van der Waals surface area (Å²) in [5.74, 6) is -1.88. The highest BCUT2D eigenvalue weighted by Gasteiger charge is 2.36. The highest BCUT2D eigenvalue weighted by Crippen LogP contribution is 2.41. The number of aliphatic carboxylic acids is 1. The average Bonchev–Trinajstić information content (AvgIpc) is 3.70. The lowest BCUT2D eigenvalue weighted by Crippen LogP contribution is -2.29. The van der Waals surface area contributed by atoms with Gasteiger partial charge in [-0.15, -0.1) is 0 Å². The van der Waals surface area contributed by atoms with E-state index in [4.69, 9.17) is 14.8 Å². The number of hydrogen-bond donors (Lipinski definition) is 2. The van der Waals surface area contributed by atoms with E-state index in [1.165, 1.54) is 28.9 Å². The molecule has 0 amide bonds. The molecule has 4 bridgehead atoms. The smallest absolute Gasteiger partial charge is 0.331 e. The molecule has 1 unspecified atom stereocenters. The number of nitrogens with one attached hydrogen (secondary N) is 1. The minimum atomic E-state index is -3.61. The molecule has 9 nitrogen and oxygen atoms in total. The molecule has 2 N–H and O–H groups in total. The van der Waals surface area contributed by atoms with Crippen molar-refractivity contribution in [3.8, 4) is 22.9 Å². The summed E-state index contributed by atoms with van der Waals surface area (Å²) in [6.45, 7) is 9.17. The Bertz CT molecular complexity index is 2310. The number of rotatable bonds is 3. The van der Waals surface area contributed by atoms with Gasteiger partial charge in [-0.1, -0.05) is 44.5 Å². The second kappa shape index (κ2) is 13.4. The van der Waals surface area contributed by atoms with Gasteiger partial charge in [0.15, 0.2) is 33.1 Å². The van der Waals surface area contributed by atoms with Crippen molar-refractivity contribution in [1.82, 2.24) is 19.7 Å². The Kier molecular flexibility index (Phi) is 9.43. The molecule has 3 aromatic carbocycles. The third-order valence-electron chi connectivity index (χ3n) is 10.1. The van der Waals surface area contributed by atoms with Crippen LogP contribution in [0.25, 0.3) is 27.9 Å². The van der Waals surface area contributed by atoms with Crippen LogP contribution >= 0.6 is 0 Å². The first kappa shape index (κ1) is 36.0. The fourth-order valence-electron chi connectivity index (χ4n) is 7.07. The molecular weight excluding hydrogens is 675 g/mol. The van der Waals surface area contributed by atoms with Crippen LogP contribution in [-0.2, 0) is 33.5 Å². The second-order valence-corrected chi connectivity index (χ2v) is 16.7. The summed E-state index contributed by atoms with van der Waals surface area (Å²) < 4.78 is 66.3. The van der Waals surface area contributed by atoms with E-state index in [1.54, 1.807) is 33.2 Å². The summed E-state index contributed by atoms with van der Waals surface area (Å²) in [7, 11) is -1.93. The van der Waals surface area contributed by atoms with E-state index in [0.29, 0.717) is 47.1 Å². The molecule has 1 aliphatic rings. The van der Waals surface area contributed by atoms with Crippen molar-refractivity contribution in [2.45, 2.75) is 65.7 Å².